The van der Waals surface area contributed by atoms with Gasteiger partial charge in [-0.2, -0.15) is 0 Å². The number of nitro groups is 1. The van der Waals surface area contributed by atoms with Gasteiger partial charge in [0, 0.05) is 38.6 Å². The average Bonchev–Trinajstić information content (AvgIpc) is 3.31. The Bertz CT molecular complexity index is 2210. The second kappa shape index (κ2) is 24.7. The molecule has 306 valence electrons. The van der Waals surface area contributed by atoms with Crippen LogP contribution in [-0.4, -0.2) is 18.0 Å². The Kier molecular flexibility index (Phi) is 18.5. The van der Waals surface area contributed by atoms with Crippen molar-refractivity contribution in [2.45, 2.75) is 0 Å². The molecule has 0 unspecified atom stereocenters. The van der Waals surface area contributed by atoms with Crippen LogP contribution in [0, 0.1) is 10.1 Å². The van der Waals surface area contributed by atoms with Gasteiger partial charge in [-0.15, -0.1) is 0 Å². The molecule has 0 aliphatic rings. The van der Waals surface area contributed by atoms with E-state index in [2.05, 4.69) is 182 Å². The third kappa shape index (κ3) is 14.2. The van der Waals surface area contributed by atoms with Crippen molar-refractivity contribution in [2.24, 2.45) is 0 Å². The van der Waals surface area contributed by atoms with E-state index in [4.69, 9.17) is 9.47 Å². The predicted octanol–water partition coefficient (Wildman–Crippen LogP) is 9.57. The second-order valence-electron chi connectivity index (χ2n) is 13.2. The number of non-ortho nitro benzene ring substituents is 1. The molecule has 0 saturated carbocycles. The van der Waals surface area contributed by atoms with Gasteiger partial charge < -0.3 is 9.47 Å². The van der Waals surface area contributed by atoms with E-state index >= 15 is 0 Å². The number of nitrogens with zero attached hydrogens (tertiary/aromatic N) is 1. The van der Waals surface area contributed by atoms with E-state index < -0.39 is 26.7 Å². The van der Waals surface area contributed by atoms with Crippen LogP contribution in [0.2, 0.25) is 0 Å². The maximum Gasteiger partial charge on any atom is 0.336 e. The van der Waals surface area contributed by atoms with E-state index in [0.717, 1.165) is 0 Å². The Balaban J connectivity index is 0.000000172. The van der Waals surface area contributed by atoms with Crippen LogP contribution in [0.3, 0.4) is 0 Å². The summed E-state index contributed by atoms with van der Waals surface area (Å²) in [5, 5.41) is 19.1. The summed E-state index contributed by atoms with van der Waals surface area (Å²) in [5.74, 6) is 0.531. The summed E-state index contributed by atoms with van der Waals surface area (Å²) in [6.07, 6.45) is 2.78. The fourth-order valence-corrected chi connectivity index (χ4v) is 11.4. The van der Waals surface area contributed by atoms with Gasteiger partial charge in [0.15, 0.2) is 0 Å². The van der Waals surface area contributed by atoms with Crippen molar-refractivity contribution in [3.05, 3.63) is 252 Å². The summed E-state index contributed by atoms with van der Waals surface area (Å²) < 4.78 is 10.1. The summed E-state index contributed by atoms with van der Waals surface area (Å²) in [5.41, 5.74) is 0.662. The van der Waals surface area contributed by atoms with E-state index in [1.165, 1.54) is 56.1 Å². The smallest absolute Gasteiger partial charge is 0.336 e. The number of esters is 1. The Hall–Kier alpha value is -6.31. The molecule has 0 aliphatic heterocycles. The summed E-state index contributed by atoms with van der Waals surface area (Å²) in [6, 6.07) is 77.4. The predicted molar refractivity (Wildman–Crippen MR) is 254 cm³/mol. The van der Waals surface area contributed by atoms with E-state index in [0.29, 0.717) is 17.1 Å². The van der Waals surface area contributed by atoms with Crippen LogP contribution in [-0.2, 0) is 25.2 Å². The normalized spacial score (nSPS) is 10.3. The van der Waals surface area contributed by atoms with E-state index in [9.17, 15) is 14.9 Å². The van der Waals surface area contributed by atoms with Gasteiger partial charge in [0.1, 0.15) is 43.3 Å². The third-order valence-electron chi connectivity index (χ3n) is 9.17. The van der Waals surface area contributed by atoms with Crippen LogP contribution in [0.4, 0.5) is 5.69 Å². The Morgan fingerprint density at radius 3 is 1.03 bits per heavy atom. The van der Waals surface area contributed by atoms with Crippen molar-refractivity contribution < 1.29 is 39.6 Å². The molecule has 8 aromatic carbocycles. The molecule has 0 atom stereocenters. The molecule has 8 rings (SSSR count). The van der Waals surface area contributed by atoms with Crippen molar-refractivity contribution in [1.82, 2.24) is 0 Å². The first-order valence-corrected chi connectivity index (χ1v) is 22.3. The monoisotopic (exact) mass is 931 g/mol. The van der Waals surface area contributed by atoms with E-state index in [1.54, 1.807) is 43.5 Å². The first kappa shape index (κ1) is 45.8. The zero-order valence-electron chi connectivity index (χ0n) is 33.4. The molecule has 0 N–H and O–H groups in total. The number of ether oxygens (including phenoxy) is 2. The van der Waals surface area contributed by atoms with Crippen LogP contribution < -0.4 is 41.3 Å². The van der Waals surface area contributed by atoms with Crippen LogP contribution in [0.25, 0.3) is 6.08 Å². The quantitative estimate of drug-likeness (QED) is 0.0246. The zero-order valence-corrected chi connectivity index (χ0v) is 37.0. The van der Waals surface area contributed by atoms with Crippen molar-refractivity contribution >= 4 is 65.4 Å². The van der Waals surface area contributed by atoms with Gasteiger partial charge in [-0.25, -0.2) is 4.79 Å². The standard InChI is InChI=1S/2C18H15P.C16H13NO5.Pd/c2*1-4-10-16(11-5-1)19(17-12-6-2-7-13-17)18-14-8-3-9-15-18;1-21-14-7-9-15(10-8-14)22-16(18)11-4-12-2-5-13(6-3-12)17(19)20;/h2*1-15H;2-11H,1H3;/p+2/b;;11-4+;. The largest absolute Gasteiger partial charge is 0.497 e. The minimum Gasteiger partial charge on any atom is -0.497 e. The van der Waals surface area contributed by atoms with Crippen LogP contribution >= 0.6 is 15.8 Å². The molecule has 0 radical (unpaired) electrons. The second-order valence-corrected chi connectivity index (χ2v) is 18.2. The summed E-state index contributed by atoms with van der Waals surface area (Å²) >= 11 is 0. The Labute approximate surface area is 373 Å². The average molecular weight is 932 g/mol. The van der Waals surface area contributed by atoms with Gasteiger partial charge in [-0.05, 0) is 121 Å². The molecule has 8 aromatic rings. The molecular formula is C52H45NO5P2Pd+2. The third-order valence-corrected chi connectivity index (χ3v) is 14.6. The van der Waals surface area contributed by atoms with Crippen molar-refractivity contribution in [3.8, 4) is 11.5 Å². The van der Waals surface area contributed by atoms with Gasteiger partial charge in [0.25, 0.3) is 5.69 Å². The molecule has 0 amide bonds. The molecule has 0 aromatic heterocycles. The van der Waals surface area contributed by atoms with Crippen molar-refractivity contribution in [2.75, 3.05) is 7.11 Å². The molecular weight excluding hydrogens is 887 g/mol. The van der Waals surface area contributed by atoms with Gasteiger partial charge in [0.05, 0.1) is 27.9 Å². The minimum absolute atomic E-state index is 0. The maximum atomic E-state index is 11.7. The Morgan fingerprint density at radius 2 is 0.754 bits per heavy atom. The van der Waals surface area contributed by atoms with Crippen LogP contribution in [0.5, 0.6) is 11.5 Å². The van der Waals surface area contributed by atoms with Gasteiger partial charge in [-0.3, -0.25) is 10.1 Å². The molecule has 0 fully saturated rings. The molecule has 0 aliphatic carbocycles. The van der Waals surface area contributed by atoms with E-state index in [-0.39, 0.29) is 26.1 Å². The number of carbonyl (C=O) groups is 1. The van der Waals surface area contributed by atoms with Gasteiger partial charge in [-0.1, -0.05) is 109 Å². The molecule has 0 heterocycles. The number of benzene rings is 8. The van der Waals surface area contributed by atoms with Gasteiger partial charge in [0.2, 0.25) is 0 Å². The molecule has 9 heteroatoms. The minimum atomic E-state index is -0.877. The Morgan fingerprint density at radius 1 is 0.459 bits per heavy atom. The summed E-state index contributed by atoms with van der Waals surface area (Å²) in [7, 11) is -0.205. The number of nitro benzene ring substituents is 1. The number of hydrogen-bond acceptors (Lipinski definition) is 5. The molecule has 61 heavy (non-hydrogen) atoms. The fraction of sp³-hybridized carbons (Fsp3) is 0.0192. The topological polar surface area (TPSA) is 78.7 Å². The number of hydrogen-bond donors (Lipinski definition) is 0. The SMILES string of the molecule is COc1ccc(OC(=O)/C=C/c2ccc([N+](=O)[O-])cc2)cc1.[Pd].c1ccc([PH+](c2ccccc2)c2ccccc2)cc1.c1ccc([PH+](c2ccccc2)c2ccccc2)cc1. The fourth-order valence-electron chi connectivity index (χ4n) is 6.29. The maximum absolute atomic E-state index is 11.7. The van der Waals surface area contributed by atoms with Crippen molar-refractivity contribution in [3.63, 3.8) is 0 Å². The summed E-state index contributed by atoms with van der Waals surface area (Å²) in [4.78, 5) is 21.7. The first-order valence-electron chi connectivity index (χ1n) is 19.3. The number of carbonyl (C=O) groups excluding carboxylic acids is 1. The zero-order chi connectivity index (χ0) is 41.8. The van der Waals surface area contributed by atoms with E-state index in [1.807, 2.05) is 0 Å². The molecule has 6 nitrogen and oxygen atoms in total. The molecule has 0 bridgehead atoms. The summed E-state index contributed by atoms with van der Waals surface area (Å²) in [6.45, 7) is 0. The first-order chi connectivity index (χ1) is 29.5. The van der Waals surface area contributed by atoms with Crippen LogP contribution in [0.15, 0.2) is 237 Å². The number of methoxy groups -OCH3 is 1. The van der Waals surface area contributed by atoms with Crippen molar-refractivity contribution in [1.29, 1.82) is 0 Å². The molecule has 0 saturated heterocycles. The van der Waals surface area contributed by atoms with Crippen LogP contribution in [0.1, 0.15) is 5.56 Å². The number of rotatable bonds is 11. The molecule has 0 spiro atoms. The van der Waals surface area contributed by atoms with Gasteiger partial charge >= 0.3 is 5.97 Å².